The molecular formula is C19H17NS. The maximum absolute atomic E-state index is 3.98. The highest BCUT2D eigenvalue weighted by molar-refractivity contribution is 7.99. The van der Waals surface area contributed by atoms with Crippen LogP contribution in [0.25, 0.3) is 0 Å². The average molecular weight is 291 g/mol. The van der Waals surface area contributed by atoms with E-state index in [1.165, 1.54) is 21.2 Å². The van der Waals surface area contributed by atoms with Crippen LogP contribution in [0.5, 0.6) is 0 Å². The van der Waals surface area contributed by atoms with Gasteiger partial charge in [0.25, 0.3) is 0 Å². The molecule has 0 fully saturated rings. The van der Waals surface area contributed by atoms with Gasteiger partial charge in [-0.2, -0.15) is 0 Å². The summed E-state index contributed by atoms with van der Waals surface area (Å²) in [5, 5.41) is 0. The van der Waals surface area contributed by atoms with E-state index in [-0.39, 0.29) is 0 Å². The molecule has 0 spiro atoms. The minimum Gasteiger partial charge on any atom is -0.308 e. The molecular weight excluding hydrogens is 274 g/mol. The molecule has 2 aromatic carbocycles. The number of benzene rings is 2. The second-order valence-electron chi connectivity index (χ2n) is 4.69. The molecule has 1 heterocycles. The van der Waals surface area contributed by atoms with Gasteiger partial charge in [0.1, 0.15) is 0 Å². The molecule has 0 saturated carbocycles. The van der Waals surface area contributed by atoms with Crippen molar-refractivity contribution in [2.24, 2.45) is 0 Å². The van der Waals surface area contributed by atoms with E-state index >= 15 is 0 Å². The van der Waals surface area contributed by atoms with Crippen molar-refractivity contribution in [2.45, 2.75) is 16.7 Å². The molecule has 1 nitrogen and oxygen atoms in total. The topological polar surface area (TPSA) is 3.24 Å². The van der Waals surface area contributed by atoms with Gasteiger partial charge in [-0.25, -0.2) is 0 Å². The molecule has 3 rings (SSSR count). The van der Waals surface area contributed by atoms with Gasteiger partial charge in [0.2, 0.25) is 0 Å². The predicted octanol–water partition coefficient (Wildman–Crippen LogP) is 5.94. The highest BCUT2D eigenvalue weighted by Crippen LogP contribution is 2.49. The van der Waals surface area contributed by atoms with Crippen molar-refractivity contribution >= 4 is 23.1 Å². The standard InChI is InChI=1S/C19H17NS/c1-3-5-10-15(4-2)20-16-11-6-8-13-18(16)21-19-14-9-7-12-17(19)20/h3-14H,2H2,1H3/b5-3-,15-10+. The quantitative estimate of drug-likeness (QED) is 0.644. The Bertz CT molecular complexity index is 682. The lowest BCUT2D eigenvalue weighted by Gasteiger charge is -2.33. The number of nitrogens with zero attached hydrogens (tertiary/aromatic N) is 1. The smallest absolute Gasteiger partial charge is 0.0601 e. The third-order valence-corrected chi connectivity index (χ3v) is 4.49. The third-order valence-electron chi connectivity index (χ3n) is 3.36. The van der Waals surface area contributed by atoms with Crippen molar-refractivity contribution in [3.63, 3.8) is 0 Å². The van der Waals surface area contributed by atoms with Crippen LogP contribution < -0.4 is 4.90 Å². The molecule has 0 N–H and O–H groups in total. The highest BCUT2D eigenvalue weighted by atomic mass is 32.2. The Morgan fingerprint density at radius 3 is 2.10 bits per heavy atom. The van der Waals surface area contributed by atoms with Crippen molar-refractivity contribution in [3.05, 3.63) is 85.1 Å². The van der Waals surface area contributed by atoms with Crippen molar-refractivity contribution in [1.29, 1.82) is 0 Å². The van der Waals surface area contributed by atoms with Gasteiger partial charge in [-0.15, -0.1) is 0 Å². The first kappa shape index (κ1) is 13.8. The number of para-hydroxylation sites is 2. The van der Waals surface area contributed by atoms with Crippen LogP contribution in [0.3, 0.4) is 0 Å². The second kappa shape index (κ2) is 6.06. The molecule has 2 aromatic rings. The summed E-state index contributed by atoms with van der Waals surface area (Å²) in [7, 11) is 0. The molecule has 104 valence electrons. The highest BCUT2D eigenvalue weighted by Gasteiger charge is 2.23. The van der Waals surface area contributed by atoms with E-state index in [9.17, 15) is 0 Å². The Kier molecular flexibility index (Phi) is 3.98. The number of rotatable bonds is 3. The van der Waals surface area contributed by atoms with Gasteiger partial charge >= 0.3 is 0 Å². The molecule has 0 amide bonds. The molecule has 0 aliphatic carbocycles. The Balaban J connectivity index is 2.21. The van der Waals surface area contributed by atoms with E-state index in [1.807, 2.05) is 36.9 Å². The van der Waals surface area contributed by atoms with Crippen LogP contribution in [0.4, 0.5) is 11.4 Å². The van der Waals surface area contributed by atoms with E-state index in [0.717, 1.165) is 5.70 Å². The van der Waals surface area contributed by atoms with E-state index in [1.54, 1.807) is 0 Å². The van der Waals surface area contributed by atoms with Crippen LogP contribution in [0.1, 0.15) is 6.92 Å². The lowest BCUT2D eigenvalue weighted by Crippen LogP contribution is -2.18. The van der Waals surface area contributed by atoms with Crippen LogP contribution >= 0.6 is 11.8 Å². The minimum atomic E-state index is 1.08. The van der Waals surface area contributed by atoms with Crippen molar-refractivity contribution in [1.82, 2.24) is 0 Å². The summed E-state index contributed by atoms with van der Waals surface area (Å²) in [6, 6.07) is 17.0. The normalized spacial score (nSPS) is 14.0. The molecule has 21 heavy (non-hydrogen) atoms. The summed E-state index contributed by atoms with van der Waals surface area (Å²) in [6.07, 6.45) is 8.07. The van der Waals surface area contributed by atoms with Crippen LogP contribution in [0.15, 0.2) is 94.9 Å². The fraction of sp³-hybridized carbons (Fsp3) is 0.0526. The number of anilines is 2. The van der Waals surface area contributed by atoms with Gasteiger partial charge < -0.3 is 4.90 Å². The lowest BCUT2D eigenvalue weighted by atomic mass is 10.2. The Morgan fingerprint density at radius 1 is 1.00 bits per heavy atom. The summed E-state index contributed by atoms with van der Waals surface area (Å²) < 4.78 is 0. The molecule has 1 aliphatic rings. The monoisotopic (exact) mass is 291 g/mol. The first-order chi connectivity index (χ1) is 10.3. The second-order valence-corrected chi connectivity index (χ2v) is 5.78. The largest absolute Gasteiger partial charge is 0.308 e. The maximum Gasteiger partial charge on any atom is 0.0601 e. The Morgan fingerprint density at radius 2 is 1.57 bits per heavy atom. The van der Waals surface area contributed by atoms with Crippen molar-refractivity contribution in [2.75, 3.05) is 4.90 Å². The lowest BCUT2D eigenvalue weighted by molar-refractivity contribution is 1.12. The summed E-state index contributed by atoms with van der Waals surface area (Å²) in [5.41, 5.74) is 3.49. The van der Waals surface area contributed by atoms with Gasteiger partial charge in [-0.3, -0.25) is 0 Å². The molecule has 0 unspecified atom stereocenters. The zero-order valence-electron chi connectivity index (χ0n) is 12.0. The van der Waals surface area contributed by atoms with Gasteiger partial charge in [0.15, 0.2) is 0 Å². The third kappa shape index (κ3) is 2.55. The van der Waals surface area contributed by atoms with Crippen molar-refractivity contribution < 1.29 is 0 Å². The molecule has 0 radical (unpaired) electrons. The maximum atomic E-state index is 3.98. The fourth-order valence-corrected chi connectivity index (χ4v) is 3.47. The number of fused-ring (bicyclic) bond motifs is 2. The van der Waals surface area contributed by atoms with Gasteiger partial charge in [0.05, 0.1) is 11.4 Å². The first-order valence-electron chi connectivity index (χ1n) is 6.96. The SMILES string of the molecule is C=C/C(=C\C=C/C)N1c2ccccc2Sc2ccccc21. The van der Waals surface area contributed by atoms with E-state index in [4.69, 9.17) is 0 Å². The number of allylic oxidation sites excluding steroid dienone is 4. The molecule has 0 aromatic heterocycles. The first-order valence-corrected chi connectivity index (χ1v) is 7.78. The summed E-state index contributed by atoms with van der Waals surface area (Å²) in [5.74, 6) is 0. The van der Waals surface area contributed by atoms with Crippen molar-refractivity contribution in [3.8, 4) is 0 Å². The number of hydrogen-bond donors (Lipinski definition) is 0. The minimum absolute atomic E-state index is 1.08. The predicted molar refractivity (Wildman–Crippen MR) is 92.2 cm³/mol. The molecule has 0 atom stereocenters. The van der Waals surface area contributed by atoms with E-state index < -0.39 is 0 Å². The zero-order valence-corrected chi connectivity index (χ0v) is 12.8. The molecule has 2 heteroatoms. The molecule has 0 bridgehead atoms. The van der Waals surface area contributed by atoms with Crippen LogP contribution in [-0.4, -0.2) is 0 Å². The van der Waals surface area contributed by atoms with Crippen LogP contribution in [-0.2, 0) is 0 Å². The van der Waals surface area contributed by atoms with Gasteiger partial charge in [-0.05, 0) is 43.3 Å². The summed E-state index contributed by atoms with van der Waals surface area (Å²) in [6.45, 7) is 6.00. The molecule has 1 aliphatic heterocycles. The molecule has 0 saturated heterocycles. The van der Waals surface area contributed by atoms with E-state index in [0.29, 0.717) is 0 Å². The summed E-state index contributed by atoms with van der Waals surface area (Å²) >= 11 is 1.82. The fourth-order valence-electron chi connectivity index (χ4n) is 2.41. The Hall–Kier alpha value is -2.19. The number of hydrogen-bond acceptors (Lipinski definition) is 2. The summed E-state index contributed by atoms with van der Waals surface area (Å²) in [4.78, 5) is 4.81. The van der Waals surface area contributed by atoms with Crippen LogP contribution in [0, 0.1) is 0 Å². The Labute approximate surface area is 130 Å². The van der Waals surface area contributed by atoms with Gasteiger partial charge in [0, 0.05) is 15.5 Å². The zero-order chi connectivity index (χ0) is 14.7. The average Bonchev–Trinajstić information content (AvgIpc) is 2.54. The van der Waals surface area contributed by atoms with Gasteiger partial charge in [-0.1, -0.05) is 54.8 Å². The van der Waals surface area contributed by atoms with Crippen LogP contribution in [0.2, 0.25) is 0 Å². The van der Waals surface area contributed by atoms with E-state index in [2.05, 4.69) is 66.1 Å².